The van der Waals surface area contributed by atoms with Crippen molar-refractivity contribution in [1.82, 2.24) is 4.90 Å². The average Bonchev–Trinajstić information content (AvgIpc) is 2.74. The lowest BCUT2D eigenvalue weighted by molar-refractivity contribution is -0.136. The number of benzene rings is 1. The molecular weight excluding hydrogens is 337 g/mol. The van der Waals surface area contributed by atoms with Gasteiger partial charge in [0.2, 0.25) is 0 Å². The summed E-state index contributed by atoms with van der Waals surface area (Å²) in [5.74, 6) is -0.868. The zero-order valence-electron chi connectivity index (χ0n) is 12.7. The number of ether oxygens (including phenoxy) is 1. The van der Waals surface area contributed by atoms with Gasteiger partial charge in [-0.05, 0) is 30.7 Å². The molecule has 1 heterocycles. The van der Waals surface area contributed by atoms with Gasteiger partial charge in [-0.2, -0.15) is 0 Å². The van der Waals surface area contributed by atoms with Crippen LogP contribution in [0.25, 0.3) is 6.08 Å². The summed E-state index contributed by atoms with van der Waals surface area (Å²) >= 11 is 12.0. The molecule has 2 rings (SSSR count). The molecule has 0 N–H and O–H groups in total. The van der Waals surface area contributed by atoms with E-state index in [1.807, 2.05) is 0 Å². The number of hydrogen-bond acceptors (Lipinski definition) is 3. The Labute approximate surface area is 144 Å². The standard InChI is InChI=1S/C17H15Cl2NO3/c1-4-7-20-10(2)15(17(22)23-3)13(16(20)21)8-11-5-6-12(18)9-14(11)19/h4-6,8-9H,1,7H2,2-3H3. The number of allylic oxidation sites excluding steroid dienone is 1. The Hall–Kier alpha value is -2.04. The van der Waals surface area contributed by atoms with Gasteiger partial charge in [0.05, 0.1) is 18.3 Å². The number of amides is 1. The van der Waals surface area contributed by atoms with Crippen LogP contribution in [-0.2, 0) is 14.3 Å². The van der Waals surface area contributed by atoms with E-state index in [9.17, 15) is 9.59 Å². The lowest BCUT2D eigenvalue weighted by Gasteiger charge is -2.14. The first kappa shape index (κ1) is 17.3. The van der Waals surface area contributed by atoms with Crippen molar-refractivity contribution in [2.24, 2.45) is 0 Å². The van der Waals surface area contributed by atoms with Gasteiger partial charge in [0.1, 0.15) is 0 Å². The first-order valence-corrected chi connectivity index (χ1v) is 7.55. The average molecular weight is 352 g/mol. The Morgan fingerprint density at radius 1 is 1.39 bits per heavy atom. The third-order valence-corrected chi connectivity index (χ3v) is 4.04. The third-order valence-electron chi connectivity index (χ3n) is 3.48. The molecule has 0 spiro atoms. The van der Waals surface area contributed by atoms with Crippen molar-refractivity contribution in [2.45, 2.75) is 6.92 Å². The molecule has 6 heteroatoms. The van der Waals surface area contributed by atoms with E-state index in [-0.39, 0.29) is 17.1 Å². The lowest BCUT2D eigenvalue weighted by atomic mass is 10.0. The fourth-order valence-corrected chi connectivity index (χ4v) is 2.81. The molecule has 0 unspecified atom stereocenters. The molecule has 0 bridgehead atoms. The van der Waals surface area contributed by atoms with E-state index >= 15 is 0 Å². The summed E-state index contributed by atoms with van der Waals surface area (Å²) in [4.78, 5) is 26.2. The van der Waals surface area contributed by atoms with Gasteiger partial charge in [0.15, 0.2) is 0 Å². The quantitative estimate of drug-likeness (QED) is 0.470. The Bertz CT molecular complexity index is 750. The molecule has 0 aliphatic carbocycles. The van der Waals surface area contributed by atoms with Crippen molar-refractivity contribution in [3.8, 4) is 0 Å². The van der Waals surface area contributed by atoms with Gasteiger partial charge in [-0.3, -0.25) is 4.79 Å². The molecular formula is C17H15Cl2NO3. The van der Waals surface area contributed by atoms with Crippen LogP contribution in [0.4, 0.5) is 0 Å². The maximum Gasteiger partial charge on any atom is 0.340 e. The predicted octanol–water partition coefficient (Wildman–Crippen LogP) is 3.85. The molecule has 0 saturated heterocycles. The number of nitrogens with zero attached hydrogens (tertiary/aromatic N) is 1. The largest absolute Gasteiger partial charge is 0.465 e. The molecule has 0 atom stereocenters. The highest BCUT2D eigenvalue weighted by Gasteiger charge is 2.36. The van der Waals surface area contributed by atoms with Crippen LogP contribution in [-0.4, -0.2) is 30.4 Å². The van der Waals surface area contributed by atoms with Crippen molar-refractivity contribution >= 4 is 41.2 Å². The summed E-state index contributed by atoms with van der Waals surface area (Å²) in [6.07, 6.45) is 3.16. The lowest BCUT2D eigenvalue weighted by Crippen LogP contribution is -2.25. The van der Waals surface area contributed by atoms with Gasteiger partial charge in [-0.25, -0.2) is 4.79 Å². The Kier molecular flexibility index (Phi) is 5.29. The first-order chi connectivity index (χ1) is 10.9. The van der Waals surface area contributed by atoms with Crippen LogP contribution >= 0.6 is 23.2 Å². The molecule has 1 aromatic rings. The van der Waals surface area contributed by atoms with Crippen molar-refractivity contribution in [2.75, 3.05) is 13.7 Å². The number of esters is 1. The smallest absolute Gasteiger partial charge is 0.340 e. The van der Waals surface area contributed by atoms with Crippen LogP contribution in [0.1, 0.15) is 12.5 Å². The number of hydrogen-bond donors (Lipinski definition) is 0. The Balaban J connectivity index is 2.58. The van der Waals surface area contributed by atoms with Crippen molar-refractivity contribution in [1.29, 1.82) is 0 Å². The molecule has 1 amide bonds. The molecule has 120 valence electrons. The zero-order chi connectivity index (χ0) is 17.1. The Morgan fingerprint density at radius 2 is 2.09 bits per heavy atom. The molecule has 1 aromatic carbocycles. The van der Waals surface area contributed by atoms with Crippen molar-refractivity contribution in [3.05, 3.63) is 63.3 Å². The maximum atomic E-state index is 12.6. The number of rotatable bonds is 4. The van der Waals surface area contributed by atoms with Crippen LogP contribution in [0.5, 0.6) is 0 Å². The summed E-state index contributed by atoms with van der Waals surface area (Å²) in [6, 6.07) is 4.92. The highest BCUT2D eigenvalue weighted by atomic mass is 35.5. The molecule has 0 radical (unpaired) electrons. The summed E-state index contributed by atoms with van der Waals surface area (Å²) in [7, 11) is 1.27. The van der Waals surface area contributed by atoms with Gasteiger partial charge >= 0.3 is 5.97 Å². The fraction of sp³-hybridized carbons (Fsp3) is 0.176. The van der Waals surface area contributed by atoms with Crippen LogP contribution < -0.4 is 0 Å². The van der Waals surface area contributed by atoms with Crippen LogP contribution in [0.15, 0.2) is 47.7 Å². The first-order valence-electron chi connectivity index (χ1n) is 6.79. The number of methoxy groups -OCH3 is 1. The summed E-state index contributed by atoms with van der Waals surface area (Å²) in [5, 5.41) is 0.880. The number of halogens is 2. The summed E-state index contributed by atoms with van der Waals surface area (Å²) in [6.45, 7) is 5.62. The Morgan fingerprint density at radius 3 is 2.65 bits per heavy atom. The van der Waals surface area contributed by atoms with Crippen molar-refractivity contribution in [3.63, 3.8) is 0 Å². The highest BCUT2D eigenvalue weighted by molar-refractivity contribution is 6.35. The summed E-state index contributed by atoms with van der Waals surface area (Å²) in [5.41, 5.74) is 1.58. The van der Waals surface area contributed by atoms with E-state index in [0.717, 1.165) is 0 Å². The van der Waals surface area contributed by atoms with E-state index < -0.39 is 5.97 Å². The van der Waals surface area contributed by atoms with Gasteiger partial charge < -0.3 is 9.64 Å². The molecule has 4 nitrogen and oxygen atoms in total. The molecule has 23 heavy (non-hydrogen) atoms. The minimum Gasteiger partial charge on any atom is -0.465 e. The second-order valence-electron chi connectivity index (χ2n) is 4.88. The van der Waals surface area contributed by atoms with E-state index in [2.05, 4.69) is 6.58 Å². The van der Waals surface area contributed by atoms with Gasteiger partial charge in [0, 0.05) is 22.3 Å². The minimum absolute atomic E-state index is 0.227. The number of carbonyl (C=O) groups is 2. The zero-order valence-corrected chi connectivity index (χ0v) is 14.2. The van der Waals surface area contributed by atoms with Crippen LogP contribution in [0.2, 0.25) is 10.0 Å². The molecule has 0 aromatic heterocycles. The topological polar surface area (TPSA) is 46.6 Å². The van der Waals surface area contributed by atoms with Gasteiger partial charge in [-0.15, -0.1) is 6.58 Å². The van der Waals surface area contributed by atoms with Crippen LogP contribution in [0.3, 0.4) is 0 Å². The van der Waals surface area contributed by atoms with E-state index in [4.69, 9.17) is 27.9 Å². The fourth-order valence-electron chi connectivity index (χ4n) is 2.35. The predicted molar refractivity (Wildman–Crippen MR) is 91.1 cm³/mol. The van der Waals surface area contributed by atoms with Gasteiger partial charge in [0.25, 0.3) is 5.91 Å². The van der Waals surface area contributed by atoms with E-state index in [1.54, 1.807) is 37.3 Å². The molecule has 0 fully saturated rings. The van der Waals surface area contributed by atoms with Crippen LogP contribution in [0, 0.1) is 0 Å². The molecule has 1 aliphatic rings. The third kappa shape index (κ3) is 3.33. The highest BCUT2D eigenvalue weighted by Crippen LogP contribution is 2.33. The second kappa shape index (κ2) is 7.02. The normalized spacial score (nSPS) is 16.3. The van der Waals surface area contributed by atoms with E-state index in [0.29, 0.717) is 27.9 Å². The number of carbonyl (C=O) groups excluding carboxylic acids is 2. The molecule has 1 aliphatic heterocycles. The minimum atomic E-state index is -0.571. The maximum absolute atomic E-state index is 12.6. The molecule has 0 saturated carbocycles. The second-order valence-corrected chi connectivity index (χ2v) is 5.72. The van der Waals surface area contributed by atoms with Crippen molar-refractivity contribution < 1.29 is 14.3 Å². The SMILES string of the molecule is C=CCN1C(=O)C(=Cc2ccc(Cl)cc2Cl)C(C(=O)OC)=C1C. The van der Waals surface area contributed by atoms with E-state index in [1.165, 1.54) is 12.0 Å². The van der Waals surface area contributed by atoms with Gasteiger partial charge in [-0.1, -0.05) is 35.3 Å². The monoisotopic (exact) mass is 351 g/mol. The summed E-state index contributed by atoms with van der Waals surface area (Å²) < 4.78 is 4.80.